The number of terminal acetylenes is 1. The highest BCUT2D eigenvalue weighted by Gasteiger charge is 2.28. The summed E-state index contributed by atoms with van der Waals surface area (Å²) in [5.41, 5.74) is 1.41. The molecule has 4 rings (SSSR count). The van der Waals surface area contributed by atoms with Crippen LogP contribution < -0.4 is 0 Å². The molecule has 0 atom stereocenters. The van der Waals surface area contributed by atoms with Crippen LogP contribution in [0, 0.1) is 18.3 Å². The van der Waals surface area contributed by atoms with Crippen molar-refractivity contribution >= 4 is 38.1 Å². The standard InChI is InChI=1S/C25H29N3O3S2/c1-6-19-7-10-23(32-19)33(30,31)20-8-9-22-21(15-20)26-24(25(3,4)5)28(22)16-18-11-13-27(14-12-18)17(2)29/h1,7-10,15,18H,11-14,16H2,2-5H3. The van der Waals surface area contributed by atoms with Gasteiger partial charge in [0.05, 0.1) is 20.8 Å². The van der Waals surface area contributed by atoms with Gasteiger partial charge in [-0.25, -0.2) is 13.4 Å². The molecule has 1 fully saturated rings. The zero-order valence-electron chi connectivity index (χ0n) is 19.5. The number of thiophene rings is 1. The Hall–Kier alpha value is -2.63. The molecule has 0 N–H and O–H groups in total. The van der Waals surface area contributed by atoms with Crippen LogP contribution in [0.15, 0.2) is 39.4 Å². The van der Waals surface area contributed by atoms with Crippen LogP contribution in [0.5, 0.6) is 0 Å². The van der Waals surface area contributed by atoms with Crippen LogP contribution >= 0.6 is 11.3 Å². The molecule has 0 unspecified atom stereocenters. The number of carbonyl (C=O) groups is 1. The molecule has 0 spiro atoms. The van der Waals surface area contributed by atoms with Crippen molar-refractivity contribution in [1.82, 2.24) is 14.5 Å². The molecule has 1 aromatic carbocycles. The molecule has 1 saturated heterocycles. The van der Waals surface area contributed by atoms with Crippen LogP contribution in [0.2, 0.25) is 0 Å². The lowest BCUT2D eigenvalue weighted by molar-refractivity contribution is -0.130. The number of fused-ring (bicyclic) bond motifs is 1. The fourth-order valence-corrected chi connectivity index (χ4v) is 6.92. The van der Waals surface area contributed by atoms with E-state index >= 15 is 0 Å². The number of piperidine rings is 1. The van der Waals surface area contributed by atoms with E-state index in [1.54, 1.807) is 31.2 Å². The molecule has 8 heteroatoms. The molecule has 6 nitrogen and oxygen atoms in total. The quantitative estimate of drug-likeness (QED) is 0.514. The van der Waals surface area contributed by atoms with Crippen molar-refractivity contribution in [3.8, 4) is 12.3 Å². The van der Waals surface area contributed by atoms with E-state index in [1.165, 1.54) is 0 Å². The van der Waals surface area contributed by atoms with Gasteiger partial charge in [0.25, 0.3) is 0 Å². The van der Waals surface area contributed by atoms with Gasteiger partial charge in [-0.15, -0.1) is 17.8 Å². The number of aromatic nitrogens is 2. The van der Waals surface area contributed by atoms with Crippen LogP contribution in [0.4, 0.5) is 0 Å². The summed E-state index contributed by atoms with van der Waals surface area (Å²) in [7, 11) is -3.66. The van der Waals surface area contributed by atoms with E-state index in [-0.39, 0.29) is 20.4 Å². The molecule has 1 aliphatic rings. The zero-order valence-corrected chi connectivity index (χ0v) is 21.1. The highest BCUT2D eigenvalue weighted by atomic mass is 32.2. The topological polar surface area (TPSA) is 72.3 Å². The van der Waals surface area contributed by atoms with Gasteiger partial charge in [-0.1, -0.05) is 26.7 Å². The largest absolute Gasteiger partial charge is 0.343 e. The summed E-state index contributed by atoms with van der Waals surface area (Å²) in [6.45, 7) is 10.3. The monoisotopic (exact) mass is 483 g/mol. The average Bonchev–Trinajstić information content (AvgIpc) is 3.39. The normalized spacial score (nSPS) is 15.7. The molecule has 0 radical (unpaired) electrons. The summed E-state index contributed by atoms with van der Waals surface area (Å²) in [6.07, 6.45) is 7.31. The molecule has 1 amide bonds. The van der Waals surface area contributed by atoms with Crippen molar-refractivity contribution in [3.63, 3.8) is 0 Å². The van der Waals surface area contributed by atoms with Crippen molar-refractivity contribution in [1.29, 1.82) is 0 Å². The molecule has 0 bridgehead atoms. The number of hydrogen-bond acceptors (Lipinski definition) is 5. The van der Waals surface area contributed by atoms with Gasteiger partial charge in [0.2, 0.25) is 15.7 Å². The number of sulfone groups is 1. The summed E-state index contributed by atoms with van der Waals surface area (Å²) in [6, 6.07) is 8.41. The number of benzene rings is 1. The van der Waals surface area contributed by atoms with Gasteiger partial charge in [0.15, 0.2) is 0 Å². The molecule has 1 aliphatic heterocycles. The van der Waals surface area contributed by atoms with Crippen LogP contribution in [0.1, 0.15) is 51.2 Å². The Labute approximate surface area is 199 Å². The van der Waals surface area contributed by atoms with Gasteiger partial charge >= 0.3 is 0 Å². The lowest BCUT2D eigenvalue weighted by atomic mass is 9.93. The van der Waals surface area contributed by atoms with Crippen LogP contribution in [0.25, 0.3) is 11.0 Å². The second-order valence-electron chi connectivity index (χ2n) is 9.66. The molecular formula is C25H29N3O3S2. The van der Waals surface area contributed by atoms with Crippen molar-refractivity contribution in [3.05, 3.63) is 41.0 Å². The van der Waals surface area contributed by atoms with E-state index in [9.17, 15) is 13.2 Å². The first kappa shape index (κ1) is 23.5. The van der Waals surface area contributed by atoms with Crippen LogP contribution in [-0.4, -0.2) is 41.9 Å². The Morgan fingerprint density at radius 3 is 2.48 bits per heavy atom. The molecule has 174 valence electrons. The Morgan fingerprint density at radius 2 is 1.91 bits per heavy atom. The lowest BCUT2D eigenvalue weighted by Gasteiger charge is -2.32. The minimum atomic E-state index is -3.66. The first-order chi connectivity index (χ1) is 15.5. The number of hydrogen-bond donors (Lipinski definition) is 0. The van der Waals surface area contributed by atoms with E-state index in [0.29, 0.717) is 16.3 Å². The van der Waals surface area contributed by atoms with Crippen molar-refractivity contribution in [2.24, 2.45) is 5.92 Å². The molecule has 2 aromatic heterocycles. The Balaban J connectivity index is 1.70. The van der Waals surface area contributed by atoms with Gasteiger partial charge < -0.3 is 9.47 Å². The minimum absolute atomic E-state index is 0.130. The molecular weight excluding hydrogens is 454 g/mol. The molecule has 3 heterocycles. The summed E-state index contributed by atoms with van der Waals surface area (Å²) in [5, 5.41) is 0. The van der Waals surface area contributed by atoms with Crippen molar-refractivity contribution in [2.75, 3.05) is 13.1 Å². The fraction of sp³-hybridized carbons (Fsp3) is 0.440. The molecule has 3 aromatic rings. The maximum absolute atomic E-state index is 13.2. The third kappa shape index (κ3) is 4.57. The number of amides is 1. The second kappa shape index (κ2) is 8.62. The first-order valence-corrected chi connectivity index (χ1v) is 13.4. The fourth-order valence-electron chi connectivity index (χ4n) is 4.38. The first-order valence-electron chi connectivity index (χ1n) is 11.1. The number of rotatable bonds is 4. The molecule has 33 heavy (non-hydrogen) atoms. The number of carbonyl (C=O) groups excluding carboxylic acids is 1. The molecule has 0 aliphatic carbocycles. The van der Waals surface area contributed by atoms with E-state index in [4.69, 9.17) is 11.4 Å². The zero-order chi connectivity index (χ0) is 24.0. The second-order valence-corrected chi connectivity index (χ2v) is 12.9. The number of likely N-dealkylation sites (tertiary alicyclic amines) is 1. The third-order valence-electron chi connectivity index (χ3n) is 6.19. The SMILES string of the molecule is C#Cc1ccc(S(=O)(=O)c2ccc3c(c2)nc(C(C)(C)C)n3CC2CCN(C(C)=O)CC2)s1. The Bertz CT molecular complexity index is 1350. The minimum Gasteiger partial charge on any atom is -0.343 e. The van der Waals surface area contributed by atoms with Gasteiger partial charge in [-0.2, -0.15) is 0 Å². The maximum atomic E-state index is 13.2. The number of imidazole rings is 1. The van der Waals surface area contributed by atoms with Crippen molar-refractivity contribution < 1.29 is 13.2 Å². The Morgan fingerprint density at radius 1 is 1.21 bits per heavy atom. The lowest BCUT2D eigenvalue weighted by Crippen LogP contribution is -2.38. The smallest absolute Gasteiger partial charge is 0.219 e. The summed E-state index contributed by atoms with van der Waals surface area (Å²) >= 11 is 1.10. The summed E-state index contributed by atoms with van der Waals surface area (Å²) in [4.78, 5) is 19.3. The van der Waals surface area contributed by atoms with Gasteiger partial charge in [0.1, 0.15) is 10.0 Å². The van der Waals surface area contributed by atoms with Gasteiger partial charge in [-0.3, -0.25) is 4.79 Å². The van der Waals surface area contributed by atoms with Crippen molar-refractivity contribution in [2.45, 2.75) is 61.6 Å². The Kier molecular flexibility index (Phi) is 6.14. The maximum Gasteiger partial charge on any atom is 0.219 e. The van der Waals surface area contributed by atoms with E-state index in [0.717, 1.165) is 55.2 Å². The van der Waals surface area contributed by atoms with E-state index in [1.807, 2.05) is 11.0 Å². The van der Waals surface area contributed by atoms with E-state index < -0.39 is 9.84 Å². The van der Waals surface area contributed by atoms with Gasteiger partial charge in [0, 0.05) is 32.0 Å². The number of nitrogens with zero attached hydrogens (tertiary/aromatic N) is 3. The molecule has 0 saturated carbocycles. The predicted molar refractivity (Wildman–Crippen MR) is 131 cm³/mol. The summed E-state index contributed by atoms with van der Waals surface area (Å²) in [5.74, 6) is 4.00. The van der Waals surface area contributed by atoms with Crippen LogP contribution in [0.3, 0.4) is 0 Å². The van der Waals surface area contributed by atoms with E-state index in [2.05, 4.69) is 31.3 Å². The summed E-state index contributed by atoms with van der Waals surface area (Å²) < 4.78 is 28.8. The van der Waals surface area contributed by atoms with Crippen LogP contribution in [-0.2, 0) is 26.6 Å². The highest BCUT2D eigenvalue weighted by molar-refractivity contribution is 7.93. The average molecular weight is 484 g/mol. The predicted octanol–water partition coefficient (Wildman–Crippen LogP) is 4.47. The highest BCUT2D eigenvalue weighted by Crippen LogP contribution is 2.33. The van der Waals surface area contributed by atoms with Gasteiger partial charge in [-0.05, 0) is 49.1 Å². The third-order valence-corrected chi connectivity index (χ3v) is 9.45.